The topological polar surface area (TPSA) is 84.6 Å². The Morgan fingerprint density at radius 3 is 2.61 bits per heavy atom. The molecule has 2 aromatic rings. The second-order valence-corrected chi connectivity index (χ2v) is 5.76. The molecule has 0 aliphatic heterocycles. The van der Waals surface area contributed by atoms with Gasteiger partial charge in [-0.05, 0) is 46.9 Å². The first-order valence-corrected chi connectivity index (χ1v) is 7.59. The average Bonchev–Trinajstić information content (AvgIpc) is 2.47. The Hall–Kier alpha value is -1.94. The lowest BCUT2D eigenvalue weighted by molar-refractivity contribution is 0.0995. The maximum atomic E-state index is 13.9. The molecule has 1 amide bonds. The number of aliphatic hydroxyl groups excluding tert-OH is 1. The van der Waals surface area contributed by atoms with Crippen LogP contribution in [0.1, 0.15) is 10.4 Å². The van der Waals surface area contributed by atoms with Gasteiger partial charge in [-0.3, -0.25) is 4.79 Å². The number of nitrogens with two attached hydrogens (primary N) is 1. The number of carbonyl (C=O) groups is 1. The van der Waals surface area contributed by atoms with Crippen LogP contribution >= 0.6 is 22.6 Å². The molecule has 2 rings (SSSR count). The van der Waals surface area contributed by atoms with E-state index < -0.39 is 17.5 Å². The van der Waals surface area contributed by atoms with E-state index in [0.29, 0.717) is 3.57 Å². The minimum absolute atomic E-state index is 0.0226. The van der Waals surface area contributed by atoms with Gasteiger partial charge in [-0.2, -0.15) is 0 Å². The summed E-state index contributed by atoms with van der Waals surface area (Å²) in [6.45, 7) is -0.454. The summed E-state index contributed by atoms with van der Waals surface area (Å²) in [6, 6.07) is 6.39. The molecule has 0 fully saturated rings. The minimum Gasteiger partial charge on any atom is -0.490 e. The molecule has 0 heterocycles. The average molecular weight is 434 g/mol. The first-order valence-electron chi connectivity index (χ1n) is 6.51. The summed E-state index contributed by atoms with van der Waals surface area (Å²) in [5, 5.41) is 11.4. The van der Waals surface area contributed by atoms with Crippen LogP contribution in [0.3, 0.4) is 0 Å². The zero-order valence-electron chi connectivity index (χ0n) is 11.8. The normalized spacial score (nSPS) is 10.4. The number of ether oxygens (including phenoxy) is 1. The molecule has 0 aliphatic rings. The van der Waals surface area contributed by atoms with Crippen molar-refractivity contribution in [3.05, 3.63) is 51.1 Å². The van der Waals surface area contributed by atoms with Crippen molar-refractivity contribution < 1.29 is 23.4 Å². The predicted molar refractivity (Wildman–Crippen MR) is 89.9 cm³/mol. The Morgan fingerprint density at radius 1 is 1.26 bits per heavy atom. The molecule has 0 aromatic heterocycles. The Balaban J connectivity index is 2.47. The third kappa shape index (κ3) is 4.29. The summed E-state index contributed by atoms with van der Waals surface area (Å²) in [4.78, 5) is 11.7. The van der Waals surface area contributed by atoms with E-state index in [1.54, 1.807) is 6.07 Å². The largest absolute Gasteiger partial charge is 0.490 e. The molecule has 0 atom stereocenters. The molecule has 0 aliphatic carbocycles. The van der Waals surface area contributed by atoms with E-state index >= 15 is 0 Å². The first-order chi connectivity index (χ1) is 10.9. The van der Waals surface area contributed by atoms with Crippen molar-refractivity contribution in [2.75, 3.05) is 18.5 Å². The predicted octanol–water partition coefficient (Wildman–Crippen LogP) is 2.78. The molecule has 8 heteroatoms. The number of hydrogen-bond acceptors (Lipinski definition) is 4. The third-order valence-electron chi connectivity index (χ3n) is 2.86. The van der Waals surface area contributed by atoms with Crippen LogP contribution in [0.15, 0.2) is 30.3 Å². The van der Waals surface area contributed by atoms with E-state index in [2.05, 4.69) is 5.32 Å². The summed E-state index contributed by atoms with van der Waals surface area (Å²) in [5.41, 5.74) is 5.23. The number of amides is 1. The van der Waals surface area contributed by atoms with Gasteiger partial charge in [0.1, 0.15) is 29.6 Å². The van der Waals surface area contributed by atoms with E-state index in [9.17, 15) is 13.6 Å². The van der Waals surface area contributed by atoms with Gasteiger partial charge in [0, 0.05) is 9.64 Å². The molecule has 122 valence electrons. The quantitative estimate of drug-likeness (QED) is 0.611. The van der Waals surface area contributed by atoms with Gasteiger partial charge >= 0.3 is 0 Å². The number of hydrogen-bond donors (Lipinski definition) is 3. The van der Waals surface area contributed by atoms with Gasteiger partial charge in [0.2, 0.25) is 0 Å². The van der Waals surface area contributed by atoms with E-state index in [1.165, 1.54) is 12.1 Å². The number of aliphatic hydroxyl groups is 1. The summed E-state index contributed by atoms with van der Waals surface area (Å²) >= 11 is 1.95. The van der Waals surface area contributed by atoms with Crippen LogP contribution in [-0.4, -0.2) is 24.2 Å². The maximum Gasteiger partial charge on any atom is 0.254 e. The van der Waals surface area contributed by atoms with Crippen LogP contribution in [0.4, 0.5) is 20.2 Å². The molecule has 0 saturated heterocycles. The number of halogens is 3. The van der Waals surface area contributed by atoms with Crippen molar-refractivity contribution in [3.63, 3.8) is 0 Å². The Bertz CT molecular complexity index is 741. The van der Waals surface area contributed by atoms with E-state index in [-0.39, 0.29) is 35.9 Å². The summed E-state index contributed by atoms with van der Waals surface area (Å²) in [7, 11) is 0. The van der Waals surface area contributed by atoms with Gasteiger partial charge in [0.05, 0.1) is 18.0 Å². The highest BCUT2D eigenvalue weighted by Gasteiger charge is 2.18. The van der Waals surface area contributed by atoms with Gasteiger partial charge in [-0.25, -0.2) is 8.78 Å². The molecule has 4 N–H and O–H groups in total. The number of primary amides is 1. The molecular formula is C15H13F2IN2O3. The second kappa shape index (κ2) is 7.55. The van der Waals surface area contributed by atoms with Crippen molar-refractivity contribution >= 4 is 39.9 Å². The van der Waals surface area contributed by atoms with Crippen LogP contribution in [0.2, 0.25) is 0 Å². The monoisotopic (exact) mass is 434 g/mol. The molecule has 0 spiro atoms. The highest BCUT2D eigenvalue weighted by molar-refractivity contribution is 14.1. The molecule has 0 unspecified atom stereocenters. The number of benzene rings is 2. The third-order valence-corrected chi connectivity index (χ3v) is 3.53. The molecule has 2 aromatic carbocycles. The van der Waals surface area contributed by atoms with Crippen LogP contribution < -0.4 is 15.8 Å². The Kier molecular flexibility index (Phi) is 5.72. The highest BCUT2D eigenvalue weighted by Crippen LogP contribution is 2.31. The lowest BCUT2D eigenvalue weighted by Crippen LogP contribution is -2.17. The van der Waals surface area contributed by atoms with Gasteiger partial charge in [-0.1, -0.05) is 0 Å². The van der Waals surface area contributed by atoms with Crippen LogP contribution in [0.5, 0.6) is 5.75 Å². The summed E-state index contributed by atoms with van der Waals surface area (Å²) < 4.78 is 33.5. The van der Waals surface area contributed by atoms with E-state index in [1.807, 2.05) is 22.6 Å². The van der Waals surface area contributed by atoms with E-state index in [4.69, 9.17) is 15.6 Å². The van der Waals surface area contributed by atoms with Crippen molar-refractivity contribution in [2.45, 2.75) is 0 Å². The lowest BCUT2D eigenvalue weighted by atomic mass is 10.1. The highest BCUT2D eigenvalue weighted by atomic mass is 127. The van der Waals surface area contributed by atoms with Crippen LogP contribution in [0, 0.1) is 15.2 Å². The fraction of sp³-hybridized carbons (Fsp3) is 0.133. The Morgan fingerprint density at radius 2 is 2.00 bits per heavy atom. The lowest BCUT2D eigenvalue weighted by Gasteiger charge is -2.15. The molecule has 5 nitrogen and oxygen atoms in total. The van der Waals surface area contributed by atoms with Crippen molar-refractivity contribution in [1.82, 2.24) is 0 Å². The molecule has 0 radical (unpaired) electrons. The van der Waals surface area contributed by atoms with Gasteiger partial charge in [0.15, 0.2) is 0 Å². The zero-order chi connectivity index (χ0) is 17.0. The Labute approximate surface area is 144 Å². The zero-order valence-corrected chi connectivity index (χ0v) is 13.9. The van der Waals surface area contributed by atoms with Crippen molar-refractivity contribution in [3.8, 4) is 5.75 Å². The van der Waals surface area contributed by atoms with Gasteiger partial charge in [-0.15, -0.1) is 0 Å². The summed E-state index contributed by atoms with van der Waals surface area (Å²) in [5.74, 6) is -2.25. The van der Waals surface area contributed by atoms with Gasteiger partial charge in [0.25, 0.3) is 5.91 Å². The maximum absolute atomic E-state index is 13.9. The van der Waals surface area contributed by atoms with E-state index in [0.717, 1.165) is 12.1 Å². The smallest absolute Gasteiger partial charge is 0.254 e. The number of anilines is 2. The number of rotatable bonds is 6. The minimum atomic E-state index is -0.869. The molecule has 0 bridgehead atoms. The summed E-state index contributed by atoms with van der Waals surface area (Å²) in [6.07, 6.45) is 0. The number of nitrogens with one attached hydrogen (secondary N) is 1. The second-order valence-electron chi connectivity index (χ2n) is 4.51. The fourth-order valence-electron chi connectivity index (χ4n) is 1.94. The molecular weight excluding hydrogens is 421 g/mol. The first kappa shape index (κ1) is 17.4. The standard InChI is InChI=1S/C15H13F2IN2O3/c16-8-5-12(20-11-2-1-9(18)7-10(11)17)14(15(19)22)13(6-8)23-4-3-21/h1-2,5-7,20-21H,3-4H2,(H2,19,22). The van der Waals surface area contributed by atoms with Crippen LogP contribution in [-0.2, 0) is 0 Å². The number of carbonyl (C=O) groups excluding carboxylic acids is 1. The SMILES string of the molecule is NC(=O)c1c(Nc2ccc(I)cc2F)cc(F)cc1OCCO. The van der Waals surface area contributed by atoms with Crippen molar-refractivity contribution in [2.24, 2.45) is 5.73 Å². The fourth-order valence-corrected chi connectivity index (χ4v) is 2.39. The molecule has 0 saturated carbocycles. The van der Waals surface area contributed by atoms with Gasteiger partial charge < -0.3 is 20.9 Å². The van der Waals surface area contributed by atoms with Crippen LogP contribution in [0.25, 0.3) is 0 Å². The molecule has 23 heavy (non-hydrogen) atoms. The van der Waals surface area contributed by atoms with Crippen molar-refractivity contribution in [1.29, 1.82) is 0 Å².